The molecule has 0 radical (unpaired) electrons. The van der Waals surface area contributed by atoms with E-state index in [0.717, 1.165) is 12.8 Å². The van der Waals surface area contributed by atoms with Gasteiger partial charge in [0.05, 0.1) is 13.0 Å². The molecular formula is C18H30O4. The second-order valence-corrected chi connectivity index (χ2v) is 6.13. The highest BCUT2D eigenvalue weighted by Crippen LogP contribution is 2.30. The van der Waals surface area contributed by atoms with Crippen LogP contribution in [0.2, 0.25) is 0 Å². The first-order valence-corrected chi connectivity index (χ1v) is 8.57. The maximum Gasteiger partial charge on any atom is 0.334 e. The Morgan fingerprint density at radius 2 is 1.77 bits per heavy atom. The van der Waals surface area contributed by atoms with E-state index in [-0.39, 0.29) is 17.6 Å². The summed E-state index contributed by atoms with van der Waals surface area (Å²) in [5.41, 5.74) is 0.214. The van der Waals surface area contributed by atoms with Crippen LogP contribution in [0.4, 0.5) is 0 Å². The minimum atomic E-state index is -0.522. The van der Waals surface area contributed by atoms with E-state index >= 15 is 0 Å². The van der Waals surface area contributed by atoms with Crippen molar-refractivity contribution in [3.05, 3.63) is 12.2 Å². The number of hydrogen-bond acceptors (Lipinski definition) is 4. The zero-order valence-electron chi connectivity index (χ0n) is 14.1. The Morgan fingerprint density at radius 1 is 1.18 bits per heavy atom. The smallest absolute Gasteiger partial charge is 0.334 e. The first-order chi connectivity index (χ1) is 10.6. The maximum atomic E-state index is 11.8. The Morgan fingerprint density at radius 3 is 2.36 bits per heavy atom. The fourth-order valence-corrected chi connectivity index (χ4v) is 2.89. The van der Waals surface area contributed by atoms with Gasteiger partial charge in [0.2, 0.25) is 0 Å². The number of unbranched alkanes of at least 4 members (excludes halogenated alkanes) is 7. The maximum absolute atomic E-state index is 11.8. The second kappa shape index (κ2) is 10.4. The molecule has 0 aromatic rings. The van der Waals surface area contributed by atoms with Crippen molar-refractivity contribution in [1.29, 1.82) is 0 Å². The summed E-state index contributed by atoms with van der Waals surface area (Å²) in [5, 5.41) is 0. The summed E-state index contributed by atoms with van der Waals surface area (Å²) in [6.45, 7) is 5.89. The molecule has 2 atom stereocenters. The van der Waals surface area contributed by atoms with Crippen molar-refractivity contribution in [1.82, 2.24) is 0 Å². The van der Waals surface area contributed by atoms with Gasteiger partial charge < -0.3 is 9.47 Å². The van der Waals surface area contributed by atoms with Gasteiger partial charge in [0.15, 0.2) is 0 Å². The highest BCUT2D eigenvalue weighted by Gasteiger charge is 2.38. The Kier molecular flexibility index (Phi) is 8.86. The van der Waals surface area contributed by atoms with Crippen molar-refractivity contribution in [2.24, 2.45) is 5.92 Å². The highest BCUT2D eigenvalue weighted by molar-refractivity contribution is 5.95. The van der Waals surface area contributed by atoms with Crippen LogP contribution in [0.3, 0.4) is 0 Å². The van der Waals surface area contributed by atoms with Gasteiger partial charge in [-0.2, -0.15) is 0 Å². The summed E-state index contributed by atoms with van der Waals surface area (Å²) in [5.74, 6) is -1.37. The van der Waals surface area contributed by atoms with Gasteiger partial charge in [-0.1, -0.05) is 58.4 Å². The number of methoxy groups -OCH3 is 1. The molecule has 0 spiro atoms. The molecule has 0 amide bonds. The molecule has 0 aliphatic carbocycles. The van der Waals surface area contributed by atoms with Crippen LogP contribution in [-0.4, -0.2) is 25.2 Å². The molecule has 0 aromatic carbocycles. The number of ether oxygens (including phenoxy) is 2. The van der Waals surface area contributed by atoms with Gasteiger partial charge in [-0.25, -0.2) is 4.79 Å². The zero-order chi connectivity index (χ0) is 16.4. The van der Waals surface area contributed by atoms with Gasteiger partial charge in [-0.05, 0) is 12.8 Å². The number of esters is 2. The number of carbonyl (C=O) groups excluding carboxylic acids is 2. The van der Waals surface area contributed by atoms with Crippen LogP contribution in [-0.2, 0) is 19.1 Å². The topological polar surface area (TPSA) is 52.6 Å². The molecular weight excluding hydrogens is 280 g/mol. The number of cyclic esters (lactones) is 1. The monoisotopic (exact) mass is 310 g/mol. The molecule has 4 nitrogen and oxygen atoms in total. The molecule has 0 bridgehead atoms. The van der Waals surface area contributed by atoms with Crippen LogP contribution in [0.5, 0.6) is 0 Å². The molecule has 0 N–H and O–H groups in total. The van der Waals surface area contributed by atoms with E-state index in [1.54, 1.807) is 0 Å². The second-order valence-electron chi connectivity index (χ2n) is 6.13. The average molecular weight is 310 g/mol. The molecule has 22 heavy (non-hydrogen) atoms. The number of rotatable bonds is 11. The third-order valence-corrected chi connectivity index (χ3v) is 4.31. The molecule has 0 aromatic heterocycles. The summed E-state index contributed by atoms with van der Waals surface area (Å²) in [4.78, 5) is 23.2. The standard InChI is InChI=1S/C18H30O4/c1-4-5-6-7-8-9-10-11-12-15-13-16(18(20)22-15)14(2)17(19)21-3/h15-16H,2,4-13H2,1,3H3/t15-,16-/m0/s1. The molecule has 1 rings (SSSR count). The summed E-state index contributed by atoms with van der Waals surface area (Å²) >= 11 is 0. The van der Waals surface area contributed by atoms with E-state index < -0.39 is 11.9 Å². The fraction of sp³-hybridized carbons (Fsp3) is 0.778. The molecule has 1 heterocycles. The first kappa shape index (κ1) is 18.7. The molecule has 1 aliphatic heterocycles. The predicted octanol–water partition coefficient (Wildman–Crippen LogP) is 4.18. The first-order valence-electron chi connectivity index (χ1n) is 8.57. The third kappa shape index (κ3) is 6.20. The predicted molar refractivity (Wildman–Crippen MR) is 86.4 cm³/mol. The van der Waals surface area contributed by atoms with Crippen LogP contribution in [0.1, 0.15) is 71.1 Å². The minimum Gasteiger partial charge on any atom is -0.466 e. The van der Waals surface area contributed by atoms with Crippen LogP contribution < -0.4 is 0 Å². The lowest BCUT2D eigenvalue weighted by Crippen LogP contribution is -2.17. The summed E-state index contributed by atoms with van der Waals surface area (Å²) in [6.07, 6.45) is 11.5. The van der Waals surface area contributed by atoms with Gasteiger partial charge in [-0.15, -0.1) is 0 Å². The van der Waals surface area contributed by atoms with E-state index in [1.807, 2.05) is 0 Å². The van der Waals surface area contributed by atoms with E-state index in [2.05, 4.69) is 18.2 Å². The average Bonchev–Trinajstić information content (AvgIpc) is 2.89. The Bertz CT molecular complexity index is 375. The highest BCUT2D eigenvalue weighted by atomic mass is 16.6. The minimum absolute atomic E-state index is 0.0704. The SMILES string of the molecule is C=C(C(=O)OC)[C@@H]1C[C@H](CCCCCCCCCC)OC1=O. The molecule has 0 saturated carbocycles. The van der Waals surface area contributed by atoms with Gasteiger partial charge in [0.25, 0.3) is 0 Å². The van der Waals surface area contributed by atoms with Crippen LogP contribution in [0, 0.1) is 5.92 Å². The molecule has 4 heteroatoms. The number of carbonyl (C=O) groups is 2. The van der Waals surface area contributed by atoms with E-state index in [0.29, 0.717) is 6.42 Å². The zero-order valence-corrected chi connectivity index (χ0v) is 14.1. The summed E-state index contributed by atoms with van der Waals surface area (Å²) < 4.78 is 9.96. The van der Waals surface area contributed by atoms with Gasteiger partial charge in [0, 0.05) is 12.0 Å². The normalized spacial score (nSPS) is 20.7. The van der Waals surface area contributed by atoms with Crippen LogP contribution >= 0.6 is 0 Å². The summed E-state index contributed by atoms with van der Waals surface area (Å²) in [6, 6.07) is 0. The van der Waals surface area contributed by atoms with Crippen LogP contribution in [0.15, 0.2) is 12.2 Å². The van der Waals surface area contributed by atoms with Crippen LogP contribution in [0.25, 0.3) is 0 Å². The lowest BCUT2D eigenvalue weighted by molar-refractivity contribution is -0.146. The Labute approximate surface area is 134 Å². The van der Waals surface area contributed by atoms with Crippen molar-refractivity contribution in [2.45, 2.75) is 77.2 Å². The van der Waals surface area contributed by atoms with E-state index in [1.165, 1.54) is 52.1 Å². The van der Waals surface area contributed by atoms with Gasteiger partial charge >= 0.3 is 11.9 Å². The van der Waals surface area contributed by atoms with Gasteiger partial charge in [-0.3, -0.25) is 4.79 Å². The molecule has 1 fully saturated rings. The van der Waals surface area contributed by atoms with E-state index in [4.69, 9.17) is 4.74 Å². The Balaban J connectivity index is 2.14. The molecule has 1 saturated heterocycles. The molecule has 1 aliphatic rings. The lowest BCUT2D eigenvalue weighted by Gasteiger charge is -2.08. The van der Waals surface area contributed by atoms with Crippen molar-refractivity contribution in [3.63, 3.8) is 0 Å². The fourth-order valence-electron chi connectivity index (χ4n) is 2.89. The Hall–Kier alpha value is -1.32. The number of hydrogen-bond donors (Lipinski definition) is 0. The van der Waals surface area contributed by atoms with Gasteiger partial charge in [0.1, 0.15) is 6.10 Å². The third-order valence-electron chi connectivity index (χ3n) is 4.31. The van der Waals surface area contributed by atoms with E-state index in [9.17, 15) is 9.59 Å². The largest absolute Gasteiger partial charge is 0.466 e. The lowest BCUT2D eigenvalue weighted by atomic mass is 9.95. The van der Waals surface area contributed by atoms with Crippen molar-refractivity contribution < 1.29 is 19.1 Å². The quantitative estimate of drug-likeness (QED) is 0.326. The summed E-state index contributed by atoms with van der Waals surface area (Å²) in [7, 11) is 1.30. The molecule has 0 unspecified atom stereocenters. The van der Waals surface area contributed by atoms with Crippen molar-refractivity contribution >= 4 is 11.9 Å². The van der Waals surface area contributed by atoms with Crippen molar-refractivity contribution in [3.8, 4) is 0 Å². The van der Waals surface area contributed by atoms with Crippen molar-refractivity contribution in [2.75, 3.05) is 7.11 Å². The molecule has 126 valence electrons.